The van der Waals surface area contributed by atoms with Gasteiger partial charge in [0, 0.05) is 33.4 Å². The quantitative estimate of drug-likeness (QED) is 0.195. The maximum Gasteiger partial charge on any atom is 0.191 e. The van der Waals surface area contributed by atoms with Crippen LogP contribution in [0.25, 0.3) is 0 Å². The molecule has 0 spiro atoms. The van der Waals surface area contributed by atoms with E-state index in [2.05, 4.69) is 22.5 Å². The molecule has 1 fully saturated rings. The second-order valence-electron chi connectivity index (χ2n) is 5.52. The summed E-state index contributed by atoms with van der Waals surface area (Å²) < 4.78 is 11.0. The lowest BCUT2D eigenvalue weighted by Gasteiger charge is -2.16. The SMILES string of the molecule is CCNC(=NCCCOC)NCCOC1CCCCCC1.I. The predicted molar refractivity (Wildman–Crippen MR) is 103 cm³/mol. The molecule has 0 amide bonds. The highest BCUT2D eigenvalue weighted by Crippen LogP contribution is 2.19. The normalized spacial score (nSPS) is 16.7. The van der Waals surface area contributed by atoms with Crippen LogP contribution in [-0.2, 0) is 9.47 Å². The topological polar surface area (TPSA) is 54.9 Å². The molecule has 0 unspecified atom stereocenters. The zero-order valence-corrected chi connectivity index (χ0v) is 16.6. The highest BCUT2D eigenvalue weighted by molar-refractivity contribution is 14.0. The first-order valence-electron chi connectivity index (χ1n) is 8.49. The number of guanidine groups is 1. The fourth-order valence-corrected chi connectivity index (χ4v) is 2.55. The van der Waals surface area contributed by atoms with E-state index in [1.54, 1.807) is 7.11 Å². The number of methoxy groups -OCH3 is 1. The molecule has 0 aliphatic heterocycles. The van der Waals surface area contributed by atoms with Crippen LogP contribution < -0.4 is 10.6 Å². The number of aliphatic imine (C=N–C) groups is 1. The molecule has 0 aromatic heterocycles. The summed E-state index contributed by atoms with van der Waals surface area (Å²) in [4.78, 5) is 4.51. The van der Waals surface area contributed by atoms with Crippen LogP contribution >= 0.6 is 24.0 Å². The van der Waals surface area contributed by atoms with Crippen LogP contribution in [0.5, 0.6) is 0 Å². The Labute approximate surface area is 153 Å². The molecule has 132 valence electrons. The molecule has 0 heterocycles. The van der Waals surface area contributed by atoms with E-state index in [4.69, 9.17) is 9.47 Å². The molecule has 0 aromatic carbocycles. The van der Waals surface area contributed by atoms with Gasteiger partial charge in [-0.15, -0.1) is 24.0 Å². The summed E-state index contributed by atoms with van der Waals surface area (Å²) in [6.45, 7) is 6.06. The zero-order valence-electron chi connectivity index (χ0n) is 14.2. The van der Waals surface area contributed by atoms with Crippen molar-refractivity contribution in [3.63, 3.8) is 0 Å². The van der Waals surface area contributed by atoms with Gasteiger partial charge in [-0.3, -0.25) is 4.99 Å². The van der Waals surface area contributed by atoms with Gasteiger partial charge in [-0.05, 0) is 26.2 Å². The number of rotatable bonds is 9. The van der Waals surface area contributed by atoms with E-state index in [1.807, 2.05) is 0 Å². The highest BCUT2D eigenvalue weighted by atomic mass is 127. The molecule has 6 heteroatoms. The molecule has 0 saturated heterocycles. The van der Waals surface area contributed by atoms with Gasteiger partial charge in [0.05, 0.1) is 12.7 Å². The maximum atomic E-state index is 5.97. The molecule has 1 aliphatic carbocycles. The van der Waals surface area contributed by atoms with Gasteiger partial charge < -0.3 is 20.1 Å². The van der Waals surface area contributed by atoms with Gasteiger partial charge in [0.1, 0.15) is 0 Å². The monoisotopic (exact) mass is 427 g/mol. The van der Waals surface area contributed by atoms with Gasteiger partial charge in [-0.2, -0.15) is 0 Å². The van der Waals surface area contributed by atoms with Crippen LogP contribution in [-0.4, -0.2) is 52.0 Å². The Balaban J connectivity index is 0.00000441. The minimum Gasteiger partial charge on any atom is -0.385 e. The number of hydrogen-bond donors (Lipinski definition) is 2. The largest absolute Gasteiger partial charge is 0.385 e. The van der Waals surface area contributed by atoms with E-state index in [9.17, 15) is 0 Å². The van der Waals surface area contributed by atoms with Crippen LogP contribution in [0.1, 0.15) is 51.9 Å². The average molecular weight is 427 g/mol. The second kappa shape index (κ2) is 15.8. The lowest BCUT2D eigenvalue weighted by molar-refractivity contribution is 0.0468. The second-order valence-corrected chi connectivity index (χ2v) is 5.52. The first-order valence-corrected chi connectivity index (χ1v) is 8.49. The van der Waals surface area contributed by atoms with E-state index < -0.39 is 0 Å². The first-order chi connectivity index (χ1) is 10.4. The molecule has 5 nitrogen and oxygen atoms in total. The summed E-state index contributed by atoms with van der Waals surface area (Å²) in [5.41, 5.74) is 0. The minimum atomic E-state index is 0. The third-order valence-corrected chi connectivity index (χ3v) is 3.67. The Hall–Kier alpha value is -0.0800. The Kier molecular flexibility index (Phi) is 15.7. The summed E-state index contributed by atoms with van der Waals surface area (Å²) in [7, 11) is 1.72. The van der Waals surface area contributed by atoms with Crippen LogP contribution in [0.3, 0.4) is 0 Å². The molecular formula is C16H34IN3O2. The van der Waals surface area contributed by atoms with E-state index in [0.717, 1.165) is 45.2 Å². The zero-order chi connectivity index (χ0) is 15.2. The lowest BCUT2D eigenvalue weighted by Crippen LogP contribution is -2.39. The van der Waals surface area contributed by atoms with Gasteiger partial charge in [-0.25, -0.2) is 0 Å². The third kappa shape index (κ3) is 11.5. The summed E-state index contributed by atoms with van der Waals surface area (Å²) in [5.74, 6) is 0.873. The summed E-state index contributed by atoms with van der Waals surface area (Å²) in [5, 5.41) is 6.58. The number of ether oxygens (including phenoxy) is 2. The summed E-state index contributed by atoms with van der Waals surface area (Å²) in [6, 6.07) is 0. The maximum absolute atomic E-state index is 5.97. The Morgan fingerprint density at radius 2 is 1.82 bits per heavy atom. The molecule has 22 heavy (non-hydrogen) atoms. The van der Waals surface area contributed by atoms with Crippen molar-refractivity contribution in [3.05, 3.63) is 0 Å². The summed E-state index contributed by atoms with van der Waals surface area (Å²) >= 11 is 0. The first kappa shape index (κ1) is 21.9. The standard InChI is InChI=1S/C16H33N3O2.HI/c1-3-17-16(18-11-8-13-20-2)19-12-14-21-15-9-6-4-5-7-10-15;/h15H,3-14H2,1-2H3,(H2,17,18,19);1H. The number of nitrogens with zero attached hydrogens (tertiary/aromatic N) is 1. The van der Waals surface area contributed by atoms with Crippen molar-refractivity contribution in [1.29, 1.82) is 0 Å². The fourth-order valence-electron chi connectivity index (χ4n) is 2.55. The van der Waals surface area contributed by atoms with Crippen molar-refractivity contribution in [3.8, 4) is 0 Å². The Bertz CT molecular complexity index is 270. The van der Waals surface area contributed by atoms with Gasteiger partial charge in [0.15, 0.2) is 5.96 Å². The van der Waals surface area contributed by atoms with Crippen LogP contribution in [0.15, 0.2) is 4.99 Å². The molecule has 0 radical (unpaired) electrons. The molecule has 0 aromatic rings. The smallest absolute Gasteiger partial charge is 0.191 e. The van der Waals surface area contributed by atoms with E-state index in [-0.39, 0.29) is 24.0 Å². The number of halogens is 1. The van der Waals surface area contributed by atoms with Crippen molar-refractivity contribution in [1.82, 2.24) is 10.6 Å². The summed E-state index contributed by atoms with van der Waals surface area (Å²) in [6.07, 6.45) is 9.26. The molecule has 1 saturated carbocycles. The highest BCUT2D eigenvalue weighted by Gasteiger charge is 2.11. The van der Waals surface area contributed by atoms with Crippen molar-refractivity contribution in [2.45, 2.75) is 58.0 Å². The van der Waals surface area contributed by atoms with Gasteiger partial charge in [0.2, 0.25) is 0 Å². The molecule has 1 aliphatic rings. The average Bonchev–Trinajstić information content (AvgIpc) is 2.76. The predicted octanol–water partition coefficient (Wildman–Crippen LogP) is 2.94. The van der Waals surface area contributed by atoms with Crippen molar-refractivity contribution >= 4 is 29.9 Å². The van der Waals surface area contributed by atoms with E-state index in [0.29, 0.717) is 6.10 Å². The van der Waals surface area contributed by atoms with Crippen molar-refractivity contribution in [2.75, 3.05) is 40.0 Å². The number of nitrogens with one attached hydrogen (secondary N) is 2. The van der Waals surface area contributed by atoms with Gasteiger partial charge >= 0.3 is 0 Å². The Morgan fingerprint density at radius 3 is 2.45 bits per heavy atom. The molecule has 1 rings (SSSR count). The number of hydrogen-bond acceptors (Lipinski definition) is 3. The van der Waals surface area contributed by atoms with Crippen molar-refractivity contribution < 1.29 is 9.47 Å². The third-order valence-electron chi connectivity index (χ3n) is 3.67. The molecule has 2 N–H and O–H groups in total. The molecule has 0 atom stereocenters. The van der Waals surface area contributed by atoms with E-state index in [1.165, 1.54) is 38.5 Å². The molecular weight excluding hydrogens is 393 g/mol. The van der Waals surface area contributed by atoms with Crippen LogP contribution in [0.4, 0.5) is 0 Å². The van der Waals surface area contributed by atoms with Gasteiger partial charge in [0.25, 0.3) is 0 Å². The van der Waals surface area contributed by atoms with Crippen molar-refractivity contribution in [2.24, 2.45) is 4.99 Å². The van der Waals surface area contributed by atoms with Crippen LogP contribution in [0, 0.1) is 0 Å². The molecule has 0 bridgehead atoms. The van der Waals surface area contributed by atoms with E-state index >= 15 is 0 Å². The van der Waals surface area contributed by atoms with Gasteiger partial charge in [-0.1, -0.05) is 25.7 Å². The Morgan fingerprint density at radius 1 is 1.09 bits per heavy atom. The lowest BCUT2D eigenvalue weighted by atomic mass is 10.1. The minimum absolute atomic E-state index is 0. The fraction of sp³-hybridized carbons (Fsp3) is 0.938. The van der Waals surface area contributed by atoms with Crippen LogP contribution in [0.2, 0.25) is 0 Å².